The molecular formula is C15H20N2O3. The summed E-state index contributed by atoms with van der Waals surface area (Å²) in [5.41, 5.74) is 1.79. The lowest BCUT2D eigenvalue weighted by molar-refractivity contribution is -0.132. The molecule has 2 rings (SSSR count). The summed E-state index contributed by atoms with van der Waals surface area (Å²) >= 11 is 0. The van der Waals surface area contributed by atoms with Crippen LogP contribution in [0, 0.1) is 12.8 Å². The van der Waals surface area contributed by atoms with E-state index < -0.39 is 5.92 Å². The van der Waals surface area contributed by atoms with Gasteiger partial charge in [0.05, 0.1) is 12.8 Å². The molecule has 1 fully saturated rings. The zero-order valence-electron chi connectivity index (χ0n) is 12.1. The number of amides is 2. The maximum atomic E-state index is 12.4. The van der Waals surface area contributed by atoms with E-state index in [9.17, 15) is 9.59 Å². The van der Waals surface area contributed by atoms with Crippen molar-refractivity contribution >= 4 is 17.5 Å². The van der Waals surface area contributed by atoms with Gasteiger partial charge in [0.1, 0.15) is 11.7 Å². The topological polar surface area (TPSA) is 58.6 Å². The minimum Gasteiger partial charge on any atom is -0.495 e. The Morgan fingerprint density at radius 3 is 2.90 bits per heavy atom. The molecule has 0 aromatic heterocycles. The molecule has 5 nitrogen and oxygen atoms in total. The normalized spacial score (nSPS) is 18.2. The Bertz CT molecular complexity index is 528. The van der Waals surface area contributed by atoms with E-state index in [0.717, 1.165) is 11.3 Å². The molecule has 0 aliphatic carbocycles. The molecule has 0 saturated carbocycles. The van der Waals surface area contributed by atoms with Gasteiger partial charge in [0.2, 0.25) is 11.8 Å². The Morgan fingerprint density at radius 2 is 2.25 bits per heavy atom. The number of carbonyl (C=O) groups excluding carboxylic acids is 2. The Morgan fingerprint density at radius 1 is 1.50 bits per heavy atom. The van der Waals surface area contributed by atoms with Crippen molar-refractivity contribution in [1.29, 1.82) is 0 Å². The second-order valence-corrected chi connectivity index (χ2v) is 4.90. The first-order valence-electron chi connectivity index (χ1n) is 6.82. The number of methoxy groups -OCH3 is 1. The highest BCUT2D eigenvalue weighted by Crippen LogP contribution is 2.33. The molecule has 1 aliphatic rings. The average molecular weight is 276 g/mol. The van der Waals surface area contributed by atoms with Gasteiger partial charge >= 0.3 is 0 Å². The van der Waals surface area contributed by atoms with E-state index in [1.54, 1.807) is 12.0 Å². The first-order chi connectivity index (χ1) is 9.58. The second kappa shape index (κ2) is 5.94. The van der Waals surface area contributed by atoms with Crippen molar-refractivity contribution in [2.24, 2.45) is 5.92 Å². The molecule has 1 heterocycles. The molecule has 1 atom stereocenters. The molecule has 0 radical (unpaired) electrons. The van der Waals surface area contributed by atoms with E-state index in [4.69, 9.17) is 4.74 Å². The Balaban J connectivity index is 2.25. The van der Waals surface area contributed by atoms with Crippen LogP contribution in [-0.4, -0.2) is 32.0 Å². The summed E-state index contributed by atoms with van der Waals surface area (Å²) in [6.45, 7) is 4.89. The fourth-order valence-electron chi connectivity index (χ4n) is 2.47. The predicted octanol–water partition coefficient (Wildman–Crippen LogP) is 1.49. The summed E-state index contributed by atoms with van der Waals surface area (Å²) in [4.78, 5) is 25.9. The molecule has 0 bridgehead atoms. The number of anilines is 1. The molecule has 108 valence electrons. The Labute approximate surface area is 118 Å². The molecule has 20 heavy (non-hydrogen) atoms. The largest absolute Gasteiger partial charge is 0.495 e. The lowest BCUT2D eigenvalue weighted by Gasteiger charge is -2.20. The van der Waals surface area contributed by atoms with Crippen molar-refractivity contribution in [3.63, 3.8) is 0 Å². The van der Waals surface area contributed by atoms with E-state index in [1.165, 1.54) is 0 Å². The Kier molecular flexibility index (Phi) is 4.27. The summed E-state index contributed by atoms with van der Waals surface area (Å²) in [6, 6.07) is 5.69. The van der Waals surface area contributed by atoms with Gasteiger partial charge in [-0.05, 0) is 38.0 Å². The zero-order chi connectivity index (χ0) is 14.7. The van der Waals surface area contributed by atoms with Gasteiger partial charge in [0.15, 0.2) is 0 Å². The Hall–Kier alpha value is -2.04. The molecule has 0 spiro atoms. The number of hydrogen-bond acceptors (Lipinski definition) is 3. The van der Waals surface area contributed by atoms with Crippen molar-refractivity contribution in [2.75, 3.05) is 25.1 Å². The van der Waals surface area contributed by atoms with Crippen LogP contribution in [0.4, 0.5) is 5.69 Å². The van der Waals surface area contributed by atoms with Crippen molar-refractivity contribution in [3.05, 3.63) is 23.8 Å². The van der Waals surface area contributed by atoms with Crippen LogP contribution < -0.4 is 15.0 Å². The highest BCUT2D eigenvalue weighted by Gasteiger charge is 2.38. The molecule has 1 aromatic carbocycles. The molecule has 1 aromatic rings. The lowest BCUT2D eigenvalue weighted by atomic mass is 10.1. The third-order valence-electron chi connectivity index (χ3n) is 3.50. The van der Waals surface area contributed by atoms with Crippen LogP contribution in [0.1, 0.15) is 18.9 Å². The SMILES string of the molecule is CCNC(=O)C1CCN(c2cc(C)ccc2OC)C1=O. The van der Waals surface area contributed by atoms with Crippen LogP contribution in [0.15, 0.2) is 18.2 Å². The first kappa shape index (κ1) is 14.4. The monoisotopic (exact) mass is 276 g/mol. The molecule has 1 aliphatic heterocycles. The third-order valence-corrected chi connectivity index (χ3v) is 3.50. The summed E-state index contributed by atoms with van der Waals surface area (Å²) in [7, 11) is 1.58. The standard InChI is InChI=1S/C15H20N2O3/c1-4-16-14(18)11-7-8-17(15(11)19)12-9-10(2)5-6-13(12)20-3/h5-6,9,11H,4,7-8H2,1-3H3,(H,16,18). The molecular weight excluding hydrogens is 256 g/mol. The molecule has 1 saturated heterocycles. The number of benzene rings is 1. The summed E-state index contributed by atoms with van der Waals surface area (Å²) < 4.78 is 5.31. The number of ether oxygens (including phenoxy) is 1. The van der Waals surface area contributed by atoms with Crippen LogP contribution >= 0.6 is 0 Å². The van der Waals surface area contributed by atoms with Crippen LogP contribution in [0.25, 0.3) is 0 Å². The molecule has 1 unspecified atom stereocenters. The number of hydrogen-bond donors (Lipinski definition) is 1. The van der Waals surface area contributed by atoms with Crippen molar-refractivity contribution < 1.29 is 14.3 Å². The second-order valence-electron chi connectivity index (χ2n) is 4.90. The van der Waals surface area contributed by atoms with E-state index in [-0.39, 0.29) is 11.8 Å². The summed E-state index contributed by atoms with van der Waals surface area (Å²) in [6.07, 6.45) is 0.543. The van der Waals surface area contributed by atoms with Crippen LogP contribution in [0.5, 0.6) is 5.75 Å². The minimum atomic E-state index is -0.583. The van der Waals surface area contributed by atoms with Crippen LogP contribution in [-0.2, 0) is 9.59 Å². The fourth-order valence-corrected chi connectivity index (χ4v) is 2.47. The minimum absolute atomic E-state index is 0.153. The summed E-state index contributed by atoms with van der Waals surface area (Å²) in [5, 5.41) is 2.71. The van der Waals surface area contributed by atoms with Gasteiger partial charge in [0, 0.05) is 13.1 Å². The lowest BCUT2D eigenvalue weighted by Crippen LogP contribution is -2.36. The maximum Gasteiger partial charge on any atom is 0.239 e. The van der Waals surface area contributed by atoms with Gasteiger partial charge < -0.3 is 15.0 Å². The van der Waals surface area contributed by atoms with Crippen LogP contribution in [0.3, 0.4) is 0 Å². The van der Waals surface area contributed by atoms with Crippen molar-refractivity contribution in [1.82, 2.24) is 5.32 Å². The van der Waals surface area contributed by atoms with E-state index in [2.05, 4.69) is 5.32 Å². The number of rotatable bonds is 4. The van der Waals surface area contributed by atoms with Gasteiger partial charge in [-0.15, -0.1) is 0 Å². The number of nitrogens with one attached hydrogen (secondary N) is 1. The highest BCUT2D eigenvalue weighted by molar-refractivity contribution is 6.10. The van der Waals surface area contributed by atoms with E-state index >= 15 is 0 Å². The average Bonchev–Trinajstić information content (AvgIpc) is 2.80. The third kappa shape index (κ3) is 2.61. The smallest absolute Gasteiger partial charge is 0.239 e. The van der Waals surface area contributed by atoms with Gasteiger partial charge in [-0.3, -0.25) is 9.59 Å². The van der Waals surface area contributed by atoms with E-state index in [1.807, 2.05) is 32.0 Å². The maximum absolute atomic E-state index is 12.4. The van der Waals surface area contributed by atoms with E-state index in [0.29, 0.717) is 25.3 Å². The molecule has 1 N–H and O–H groups in total. The van der Waals surface area contributed by atoms with Gasteiger partial charge in [-0.2, -0.15) is 0 Å². The van der Waals surface area contributed by atoms with Crippen molar-refractivity contribution in [2.45, 2.75) is 20.3 Å². The van der Waals surface area contributed by atoms with Gasteiger partial charge in [-0.1, -0.05) is 6.07 Å². The predicted molar refractivity (Wildman–Crippen MR) is 76.9 cm³/mol. The quantitative estimate of drug-likeness (QED) is 0.848. The number of carbonyl (C=O) groups is 2. The summed E-state index contributed by atoms with van der Waals surface area (Å²) in [5.74, 6) is -0.271. The van der Waals surface area contributed by atoms with Crippen LogP contribution in [0.2, 0.25) is 0 Å². The molecule has 2 amide bonds. The fraction of sp³-hybridized carbons (Fsp3) is 0.467. The van der Waals surface area contributed by atoms with Crippen molar-refractivity contribution in [3.8, 4) is 5.75 Å². The number of nitrogens with zero attached hydrogens (tertiary/aromatic N) is 1. The zero-order valence-corrected chi connectivity index (χ0v) is 12.1. The highest BCUT2D eigenvalue weighted by atomic mass is 16.5. The first-order valence-corrected chi connectivity index (χ1v) is 6.82. The van der Waals surface area contributed by atoms with Gasteiger partial charge in [0.25, 0.3) is 0 Å². The molecule has 5 heteroatoms. The number of aryl methyl sites for hydroxylation is 1. The van der Waals surface area contributed by atoms with Gasteiger partial charge in [-0.25, -0.2) is 0 Å².